The minimum Gasteiger partial charge on any atom is -0.497 e. The highest BCUT2D eigenvalue weighted by Crippen LogP contribution is 2.23. The summed E-state index contributed by atoms with van der Waals surface area (Å²) in [6.45, 7) is 2.57. The molecule has 2 aromatic carbocycles. The highest BCUT2D eigenvalue weighted by molar-refractivity contribution is 5.90. The predicted molar refractivity (Wildman–Crippen MR) is 125 cm³/mol. The van der Waals surface area contributed by atoms with Gasteiger partial charge in [-0.25, -0.2) is 0 Å². The van der Waals surface area contributed by atoms with Crippen LogP contribution in [0.5, 0.6) is 11.5 Å². The third kappa shape index (κ3) is 5.31. The van der Waals surface area contributed by atoms with E-state index in [9.17, 15) is 9.59 Å². The van der Waals surface area contributed by atoms with Gasteiger partial charge in [0.2, 0.25) is 5.91 Å². The second-order valence-electron chi connectivity index (χ2n) is 7.91. The molecule has 0 radical (unpaired) electrons. The number of amides is 2. The van der Waals surface area contributed by atoms with Gasteiger partial charge >= 0.3 is 0 Å². The van der Waals surface area contributed by atoms with Crippen LogP contribution in [0, 0.1) is 0 Å². The Morgan fingerprint density at radius 3 is 2.52 bits per heavy atom. The summed E-state index contributed by atoms with van der Waals surface area (Å²) in [5.74, 6) is 0.824. The molecule has 1 aromatic heterocycles. The summed E-state index contributed by atoms with van der Waals surface area (Å²) >= 11 is 0. The number of benzene rings is 2. The molecule has 4 rings (SSSR count). The van der Waals surface area contributed by atoms with E-state index in [2.05, 4.69) is 10.3 Å². The Hall–Kier alpha value is -3.87. The van der Waals surface area contributed by atoms with Crippen molar-refractivity contribution in [2.24, 2.45) is 0 Å². The Balaban J connectivity index is 1.46. The van der Waals surface area contributed by atoms with Crippen LogP contribution >= 0.6 is 0 Å². The summed E-state index contributed by atoms with van der Waals surface area (Å²) < 4.78 is 11.1. The van der Waals surface area contributed by atoms with Gasteiger partial charge in [0.15, 0.2) is 6.10 Å². The minimum absolute atomic E-state index is 0.151. The van der Waals surface area contributed by atoms with Crippen LogP contribution < -0.4 is 14.8 Å². The van der Waals surface area contributed by atoms with Crippen LogP contribution in [-0.2, 0) is 16.0 Å². The lowest BCUT2D eigenvalue weighted by molar-refractivity contribution is -0.147. The zero-order valence-corrected chi connectivity index (χ0v) is 18.7. The van der Waals surface area contributed by atoms with E-state index >= 15 is 0 Å². The smallest absolute Gasteiger partial charge is 0.264 e. The maximum absolute atomic E-state index is 13.2. The van der Waals surface area contributed by atoms with Crippen molar-refractivity contribution in [3.8, 4) is 22.6 Å². The van der Waals surface area contributed by atoms with E-state index in [1.54, 1.807) is 49.5 Å². The number of nitrogens with one attached hydrogen (secondary N) is 1. The van der Waals surface area contributed by atoms with Crippen molar-refractivity contribution in [2.75, 3.05) is 20.2 Å². The van der Waals surface area contributed by atoms with E-state index in [-0.39, 0.29) is 11.8 Å². The predicted octanol–water partition coefficient (Wildman–Crippen LogP) is 3.09. The fraction of sp³-hybridized carbons (Fsp3) is 0.269. The molecule has 2 heterocycles. The molecule has 0 aliphatic carbocycles. The van der Waals surface area contributed by atoms with Crippen molar-refractivity contribution in [2.45, 2.75) is 25.5 Å². The number of hydrogen-bond donors (Lipinski definition) is 1. The van der Waals surface area contributed by atoms with Crippen molar-refractivity contribution in [1.29, 1.82) is 0 Å². The monoisotopic (exact) mass is 445 g/mol. The van der Waals surface area contributed by atoms with Crippen LogP contribution in [0.3, 0.4) is 0 Å². The molecule has 33 heavy (non-hydrogen) atoms. The number of nitrogens with zero attached hydrogens (tertiary/aromatic N) is 2. The summed E-state index contributed by atoms with van der Waals surface area (Å²) in [5.41, 5.74) is 3.13. The van der Waals surface area contributed by atoms with Gasteiger partial charge in [0.05, 0.1) is 7.11 Å². The number of methoxy groups -OCH3 is 1. The number of hydrogen-bond acceptors (Lipinski definition) is 5. The standard InChI is InChI=1S/C26H27N3O4/c1-18(33-23-5-3-4-22(17-23)32-2)26(31)29-15-14-28-25(30)24(29)16-19-6-8-20(9-7-19)21-10-12-27-13-11-21/h3-13,17-18,24H,14-16H2,1-2H3,(H,28,30)/t18-,24-/m0/s1. The van der Waals surface area contributed by atoms with E-state index in [0.29, 0.717) is 31.0 Å². The molecule has 0 bridgehead atoms. The maximum atomic E-state index is 13.2. The van der Waals surface area contributed by atoms with Crippen molar-refractivity contribution < 1.29 is 19.1 Å². The molecule has 0 saturated carbocycles. The fourth-order valence-corrected chi connectivity index (χ4v) is 3.94. The van der Waals surface area contributed by atoms with Crippen molar-refractivity contribution in [3.05, 3.63) is 78.6 Å². The highest BCUT2D eigenvalue weighted by Gasteiger charge is 2.35. The van der Waals surface area contributed by atoms with Gasteiger partial charge in [-0.2, -0.15) is 0 Å². The molecule has 0 spiro atoms. The van der Waals surface area contributed by atoms with E-state index < -0.39 is 12.1 Å². The third-order valence-electron chi connectivity index (χ3n) is 5.71. The maximum Gasteiger partial charge on any atom is 0.264 e. The molecule has 1 N–H and O–H groups in total. The summed E-state index contributed by atoms with van der Waals surface area (Å²) in [6.07, 6.45) is 3.21. The summed E-state index contributed by atoms with van der Waals surface area (Å²) in [4.78, 5) is 31.6. The second-order valence-corrected chi connectivity index (χ2v) is 7.91. The number of piperazine rings is 1. The van der Waals surface area contributed by atoms with Gasteiger partial charge in [-0.15, -0.1) is 0 Å². The van der Waals surface area contributed by atoms with Crippen LogP contribution in [0.2, 0.25) is 0 Å². The lowest BCUT2D eigenvalue weighted by Crippen LogP contribution is -2.60. The van der Waals surface area contributed by atoms with E-state index in [1.807, 2.05) is 42.5 Å². The lowest BCUT2D eigenvalue weighted by atomic mass is 9.99. The van der Waals surface area contributed by atoms with Crippen molar-refractivity contribution in [1.82, 2.24) is 15.2 Å². The molecular weight excluding hydrogens is 418 g/mol. The third-order valence-corrected chi connectivity index (χ3v) is 5.71. The summed E-state index contributed by atoms with van der Waals surface area (Å²) in [6, 6.07) is 18.5. The average Bonchev–Trinajstić information content (AvgIpc) is 2.86. The van der Waals surface area contributed by atoms with Crippen molar-refractivity contribution in [3.63, 3.8) is 0 Å². The Kier molecular flexibility index (Phi) is 6.88. The lowest BCUT2D eigenvalue weighted by Gasteiger charge is -2.36. The van der Waals surface area contributed by atoms with Gasteiger partial charge < -0.3 is 19.7 Å². The number of carbonyl (C=O) groups excluding carboxylic acids is 2. The number of carbonyl (C=O) groups is 2. The largest absolute Gasteiger partial charge is 0.497 e. The van der Waals surface area contributed by atoms with E-state index in [4.69, 9.17) is 9.47 Å². The van der Waals surface area contributed by atoms with E-state index in [1.165, 1.54) is 0 Å². The van der Waals surface area contributed by atoms with Gasteiger partial charge in [0.25, 0.3) is 5.91 Å². The zero-order chi connectivity index (χ0) is 23.2. The van der Waals surface area contributed by atoms with Gasteiger partial charge in [0.1, 0.15) is 17.5 Å². The fourth-order valence-electron chi connectivity index (χ4n) is 3.94. The minimum atomic E-state index is -0.737. The Labute approximate surface area is 193 Å². The molecule has 1 saturated heterocycles. The van der Waals surface area contributed by atoms with Gasteiger partial charge in [0, 0.05) is 38.0 Å². The molecule has 1 fully saturated rings. The number of pyridine rings is 1. The molecule has 3 aromatic rings. The summed E-state index contributed by atoms with van der Waals surface area (Å²) in [5, 5.41) is 2.88. The molecule has 7 nitrogen and oxygen atoms in total. The zero-order valence-electron chi connectivity index (χ0n) is 18.7. The molecule has 2 atom stereocenters. The molecule has 170 valence electrons. The number of ether oxygens (including phenoxy) is 2. The molecule has 1 aliphatic rings. The molecule has 0 unspecified atom stereocenters. The van der Waals surface area contributed by atoms with Crippen LogP contribution in [0.15, 0.2) is 73.1 Å². The van der Waals surface area contributed by atoms with Gasteiger partial charge in [-0.05, 0) is 47.9 Å². The van der Waals surface area contributed by atoms with Gasteiger partial charge in [-0.3, -0.25) is 14.6 Å². The van der Waals surface area contributed by atoms with Crippen LogP contribution in [0.25, 0.3) is 11.1 Å². The van der Waals surface area contributed by atoms with Gasteiger partial charge in [-0.1, -0.05) is 30.3 Å². The van der Waals surface area contributed by atoms with Crippen LogP contribution in [-0.4, -0.2) is 54.0 Å². The number of rotatable bonds is 7. The van der Waals surface area contributed by atoms with Crippen molar-refractivity contribution >= 4 is 11.8 Å². The Morgan fingerprint density at radius 1 is 1.09 bits per heavy atom. The number of aromatic nitrogens is 1. The summed E-state index contributed by atoms with van der Waals surface area (Å²) in [7, 11) is 1.58. The topological polar surface area (TPSA) is 80.8 Å². The second kappa shape index (κ2) is 10.2. The first-order chi connectivity index (χ1) is 16.0. The normalized spacial score (nSPS) is 16.6. The Morgan fingerprint density at radius 2 is 1.79 bits per heavy atom. The van der Waals surface area contributed by atoms with Crippen LogP contribution in [0.4, 0.5) is 0 Å². The molecular formula is C26H27N3O4. The molecule has 1 aliphatic heterocycles. The first-order valence-electron chi connectivity index (χ1n) is 10.9. The average molecular weight is 446 g/mol. The highest BCUT2D eigenvalue weighted by atomic mass is 16.5. The van der Waals surface area contributed by atoms with Crippen LogP contribution in [0.1, 0.15) is 12.5 Å². The SMILES string of the molecule is COc1cccc(O[C@@H](C)C(=O)N2CCNC(=O)[C@@H]2Cc2ccc(-c3ccncc3)cc2)c1. The first-order valence-corrected chi connectivity index (χ1v) is 10.9. The quantitative estimate of drug-likeness (QED) is 0.605. The Bertz CT molecular complexity index is 1100. The first kappa shape index (κ1) is 22.3. The van der Waals surface area contributed by atoms with E-state index in [0.717, 1.165) is 16.7 Å². The molecule has 2 amide bonds. The molecule has 7 heteroatoms.